The van der Waals surface area contributed by atoms with E-state index in [1.807, 2.05) is 18.2 Å². The average molecular weight is 390 g/mol. The van der Waals surface area contributed by atoms with Crippen LogP contribution in [0.25, 0.3) is 10.9 Å². The van der Waals surface area contributed by atoms with Crippen LogP contribution in [0.2, 0.25) is 0 Å². The first-order valence-corrected chi connectivity index (χ1v) is 10.6. The smallest absolute Gasteiger partial charge is 0.258 e. The number of nitrogens with one attached hydrogen (secondary N) is 1. The van der Waals surface area contributed by atoms with Crippen molar-refractivity contribution in [3.05, 3.63) is 58.0 Å². The molecule has 1 fully saturated rings. The van der Waals surface area contributed by atoms with Gasteiger partial charge in [0.25, 0.3) is 15.6 Å². The number of hydrogen-bond acceptors (Lipinski definition) is 6. The fraction of sp³-hybridized carbons (Fsp3) is 0.294. The molecule has 1 aliphatic heterocycles. The molecular formula is C17H18N4O3S2. The van der Waals surface area contributed by atoms with Gasteiger partial charge in [0.15, 0.2) is 0 Å². The minimum absolute atomic E-state index is 0.149. The molecule has 1 saturated heterocycles. The van der Waals surface area contributed by atoms with Crippen LogP contribution in [0.4, 0.5) is 0 Å². The lowest BCUT2D eigenvalue weighted by Gasteiger charge is -2.33. The number of sulfonamides is 1. The van der Waals surface area contributed by atoms with E-state index in [-0.39, 0.29) is 5.56 Å². The van der Waals surface area contributed by atoms with Crippen LogP contribution >= 0.6 is 11.3 Å². The van der Waals surface area contributed by atoms with Crippen molar-refractivity contribution in [1.29, 1.82) is 0 Å². The maximum absolute atomic E-state index is 12.6. The number of fused-ring (bicyclic) bond motifs is 1. The van der Waals surface area contributed by atoms with Crippen LogP contribution in [0.3, 0.4) is 0 Å². The van der Waals surface area contributed by atoms with Gasteiger partial charge in [0.2, 0.25) is 0 Å². The van der Waals surface area contributed by atoms with E-state index in [4.69, 9.17) is 0 Å². The Morgan fingerprint density at radius 2 is 1.85 bits per heavy atom. The van der Waals surface area contributed by atoms with Gasteiger partial charge in [-0.05, 0) is 23.6 Å². The first kappa shape index (κ1) is 17.3. The van der Waals surface area contributed by atoms with Crippen molar-refractivity contribution >= 4 is 32.3 Å². The van der Waals surface area contributed by atoms with Gasteiger partial charge in [-0.15, -0.1) is 11.3 Å². The molecule has 26 heavy (non-hydrogen) atoms. The number of rotatable bonds is 4. The molecular weight excluding hydrogens is 372 g/mol. The Morgan fingerprint density at radius 3 is 2.58 bits per heavy atom. The van der Waals surface area contributed by atoms with E-state index >= 15 is 0 Å². The number of aromatic nitrogens is 2. The van der Waals surface area contributed by atoms with E-state index in [0.29, 0.717) is 53.7 Å². The highest BCUT2D eigenvalue weighted by Gasteiger charge is 2.29. The molecule has 1 aromatic carbocycles. The number of aromatic amines is 1. The van der Waals surface area contributed by atoms with Gasteiger partial charge >= 0.3 is 0 Å². The van der Waals surface area contributed by atoms with Crippen LogP contribution in [-0.4, -0.2) is 53.8 Å². The third-order valence-electron chi connectivity index (χ3n) is 4.46. The number of nitrogens with zero attached hydrogens (tertiary/aromatic N) is 3. The fourth-order valence-corrected chi connectivity index (χ4v) is 5.65. The van der Waals surface area contributed by atoms with Crippen LogP contribution in [0, 0.1) is 0 Å². The Kier molecular flexibility index (Phi) is 4.62. The zero-order valence-electron chi connectivity index (χ0n) is 14.0. The van der Waals surface area contributed by atoms with Crippen LogP contribution in [0.5, 0.6) is 0 Å². The summed E-state index contributed by atoms with van der Waals surface area (Å²) >= 11 is 1.24. The third kappa shape index (κ3) is 3.30. The average Bonchev–Trinajstić information content (AvgIpc) is 3.18. The quantitative estimate of drug-likeness (QED) is 0.729. The van der Waals surface area contributed by atoms with Crippen molar-refractivity contribution in [2.24, 2.45) is 0 Å². The van der Waals surface area contributed by atoms with Crippen molar-refractivity contribution in [2.45, 2.75) is 10.8 Å². The fourth-order valence-electron chi connectivity index (χ4n) is 3.09. The highest BCUT2D eigenvalue weighted by Crippen LogP contribution is 2.22. The second kappa shape index (κ2) is 6.92. The number of para-hydroxylation sites is 1. The molecule has 0 spiro atoms. The predicted octanol–water partition coefficient (Wildman–Crippen LogP) is 1.49. The molecule has 9 heteroatoms. The van der Waals surface area contributed by atoms with Gasteiger partial charge in [-0.2, -0.15) is 4.31 Å². The normalized spacial score (nSPS) is 16.9. The SMILES string of the molecule is O=c1[nH]c(CN2CCN(S(=O)(=O)c3cccs3)CC2)nc2ccccc12. The molecule has 0 aliphatic carbocycles. The summed E-state index contributed by atoms with van der Waals surface area (Å²) in [6.45, 7) is 2.55. The largest absolute Gasteiger partial charge is 0.309 e. The van der Waals surface area contributed by atoms with Crippen LogP contribution in [0.15, 0.2) is 50.8 Å². The molecule has 1 aliphatic rings. The molecule has 136 valence electrons. The summed E-state index contributed by atoms with van der Waals surface area (Å²) in [6.07, 6.45) is 0. The van der Waals surface area contributed by atoms with Gasteiger partial charge in [-0.3, -0.25) is 9.69 Å². The molecule has 3 heterocycles. The van der Waals surface area contributed by atoms with E-state index < -0.39 is 10.0 Å². The summed E-state index contributed by atoms with van der Waals surface area (Å²) in [6, 6.07) is 10.6. The maximum atomic E-state index is 12.6. The van der Waals surface area contributed by atoms with Gasteiger partial charge in [0.05, 0.1) is 17.4 Å². The Morgan fingerprint density at radius 1 is 1.08 bits per heavy atom. The van der Waals surface area contributed by atoms with Crippen molar-refractivity contribution in [3.63, 3.8) is 0 Å². The number of H-pyrrole nitrogens is 1. The van der Waals surface area contributed by atoms with Gasteiger partial charge in [0.1, 0.15) is 10.0 Å². The van der Waals surface area contributed by atoms with Gasteiger partial charge in [-0.25, -0.2) is 13.4 Å². The molecule has 0 atom stereocenters. The standard InChI is InChI=1S/C17H18N4O3S2/c22-17-13-4-1-2-5-14(13)18-15(19-17)12-20-7-9-21(10-8-20)26(23,24)16-6-3-11-25-16/h1-6,11H,7-10,12H2,(H,18,19,22). The number of thiophene rings is 1. The highest BCUT2D eigenvalue weighted by atomic mass is 32.2. The third-order valence-corrected chi connectivity index (χ3v) is 7.73. The predicted molar refractivity (Wildman–Crippen MR) is 101 cm³/mol. The van der Waals surface area contributed by atoms with E-state index in [1.165, 1.54) is 15.6 Å². The summed E-state index contributed by atoms with van der Waals surface area (Å²) in [7, 11) is -3.40. The lowest BCUT2D eigenvalue weighted by molar-refractivity contribution is 0.178. The summed E-state index contributed by atoms with van der Waals surface area (Å²) in [5.41, 5.74) is 0.523. The number of benzene rings is 1. The second-order valence-corrected chi connectivity index (χ2v) is 9.25. The van der Waals surface area contributed by atoms with Crippen LogP contribution < -0.4 is 5.56 Å². The van der Waals surface area contributed by atoms with E-state index in [1.54, 1.807) is 23.6 Å². The molecule has 4 rings (SSSR count). The molecule has 3 aromatic rings. The van der Waals surface area contributed by atoms with E-state index in [9.17, 15) is 13.2 Å². The molecule has 0 amide bonds. The monoisotopic (exact) mass is 390 g/mol. The minimum Gasteiger partial charge on any atom is -0.309 e. The first-order valence-electron chi connectivity index (χ1n) is 8.28. The van der Waals surface area contributed by atoms with Crippen molar-refractivity contribution in [1.82, 2.24) is 19.2 Å². The van der Waals surface area contributed by atoms with Crippen LogP contribution in [-0.2, 0) is 16.6 Å². The molecule has 1 N–H and O–H groups in total. The summed E-state index contributed by atoms with van der Waals surface area (Å²) in [4.78, 5) is 21.6. The molecule has 7 nitrogen and oxygen atoms in total. The molecule has 0 saturated carbocycles. The van der Waals surface area contributed by atoms with E-state index in [0.717, 1.165) is 0 Å². The zero-order chi connectivity index (χ0) is 18.1. The molecule has 0 radical (unpaired) electrons. The highest BCUT2D eigenvalue weighted by molar-refractivity contribution is 7.91. The van der Waals surface area contributed by atoms with Crippen molar-refractivity contribution in [3.8, 4) is 0 Å². The Labute approximate surface area is 155 Å². The minimum atomic E-state index is -3.40. The van der Waals surface area contributed by atoms with Gasteiger partial charge in [-0.1, -0.05) is 18.2 Å². The molecule has 0 unspecified atom stereocenters. The number of hydrogen-bond donors (Lipinski definition) is 1. The Balaban J connectivity index is 1.45. The Hall–Kier alpha value is -2.07. The Bertz CT molecular complexity index is 1070. The molecule has 0 bridgehead atoms. The lowest BCUT2D eigenvalue weighted by Crippen LogP contribution is -2.48. The first-order chi connectivity index (χ1) is 12.5. The van der Waals surface area contributed by atoms with Crippen LogP contribution in [0.1, 0.15) is 5.82 Å². The molecule has 2 aromatic heterocycles. The maximum Gasteiger partial charge on any atom is 0.258 e. The summed E-state index contributed by atoms with van der Waals surface area (Å²) < 4.78 is 27.0. The zero-order valence-corrected chi connectivity index (χ0v) is 15.6. The topological polar surface area (TPSA) is 86.4 Å². The summed E-state index contributed by atoms with van der Waals surface area (Å²) in [5.74, 6) is 0.600. The van der Waals surface area contributed by atoms with Crippen molar-refractivity contribution in [2.75, 3.05) is 26.2 Å². The van der Waals surface area contributed by atoms with Crippen molar-refractivity contribution < 1.29 is 8.42 Å². The van der Waals surface area contributed by atoms with Gasteiger partial charge in [0, 0.05) is 26.2 Å². The van der Waals surface area contributed by atoms with E-state index in [2.05, 4.69) is 14.9 Å². The second-order valence-electron chi connectivity index (χ2n) is 6.14. The van der Waals surface area contributed by atoms with Gasteiger partial charge < -0.3 is 4.98 Å². The summed E-state index contributed by atoms with van der Waals surface area (Å²) in [5, 5.41) is 2.34. The number of piperazine rings is 1. The lowest BCUT2D eigenvalue weighted by atomic mass is 10.2.